The lowest BCUT2D eigenvalue weighted by atomic mass is 10.2. The molecule has 0 radical (unpaired) electrons. The second kappa shape index (κ2) is 5.47. The Kier molecular flexibility index (Phi) is 3.93. The molecule has 0 saturated carbocycles. The first kappa shape index (κ1) is 13.6. The minimum absolute atomic E-state index is 0.346. The number of hydrogen-bond acceptors (Lipinski definition) is 3. The number of anilines is 1. The molecular weight excluding hydrogens is 238 g/mol. The Balaban J connectivity index is 2.43. The van der Waals surface area contributed by atoms with Gasteiger partial charge in [0.2, 0.25) is 0 Å². The first-order chi connectivity index (χ1) is 9.08. The Hall–Kier alpha value is -1.78. The van der Waals surface area contributed by atoms with Crippen molar-refractivity contribution in [2.24, 2.45) is 0 Å². The van der Waals surface area contributed by atoms with Crippen LogP contribution in [0.2, 0.25) is 0 Å². The Bertz CT molecular complexity index is 550. The van der Waals surface area contributed by atoms with Gasteiger partial charge in [0.1, 0.15) is 17.3 Å². The summed E-state index contributed by atoms with van der Waals surface area (Å²) in [4.78, 5) is 4.70. The fraction of sp³-hybridized carbons (Fsp3) is 0.571. The Morgan fingerprint density at radius 3 is 2.58 bits per heavy atom. The molecule has 0 bridgehead atoms. The highest BCUT2D eigenvalue weighted by Crippen LogP contribution is 2.27. The monoisotopic (exact) mass is 261 g/mol. The molecule has 0 aromatic carbocycles. The van der Waals surface area contributed by atoms with Gasteiger partial charge in [-0.25, -0.2) is 4.98 Å². The topological polar surface area (TPSA) is 61.7 Å². The van der Waals surface area contributed by atoms with Crippen molar-refractivity contribution in [2.75, 3.05) is 5.73 Å². The zero-order valence-corrected chi connectivity index (χ0v) is 12.2. The zero-order chi connectivity index (χ0) is 14.0. The summed E-state index contributed by atoms with van der Waals surface area (Å²) in [6.45, 7) is 9.31. The van der Waals surface area contributed by atoms with Crippen LogP contribution in [0.4, 0.5) is 5.82 Å². The van der Waals surface area contributed by atoms with Crippen LogP contribution in [0, 0.1) is 0 Å². The Labute approximate surface area is 114 Å². The third kappa shape index (κ3) is 2.50. The van der Waals surface area contributed by atoms with Crippen molar-refractivity contribution in [2.45, 2.75) is 53.1 Å². The summed E-state index contributed by atoms with van der Waals surface area (Å²) in [5.74, 6) is 1.81. The third-order valence-corrected chi connectivity index (χ3v) is 3.28. The summed E-state index contributed by atoms with van der Waals surface area (Å²) in [6.07, 6.45) is 5.88. The molecule has 0 fully saturated rings. The molecule has 0 aliphatic rings. The molecule has 19 heavy (non-hydrogen) atoms. The zero-order valence-electron chi connectivity index (χ0n) is 12.2. The predicted molar refractivity (Wildman–Crippen MR) is 77.9 cm³/mol. The molecule has 0 unspecified atom stereocenters. The highest BCUT2D eigenvalue weighted by atomic mass is 15.3. The van der Waals surface area contributed by atoms with E-state index in [0.717, 1.165) is 42.3 Å². The molecule has 5 heteroatoms. The Morgan fingerprint density at radius 2 is 2.05 bits per heavy atom. The molecule has 2 aromatic rings. The second-order valence-electron chi connectivity index (χ2n) is 5.06. The van der Waals surface area contributed by atoms with Crippen LogP contribution in [0.1, 0.15) is 46.0 Å². The van der Waals surface area contributed by atoms with E-state index in [2.05, 4.69) is 37.4 Å². The van der Waals surface area contributed by atoms with E-state index in [4.69, 9.17) is 10.7 Å². The summed E-state index contributed by atoms with van der Waals surface area (Å²) < 4.78 is 4.02. The van der Waals surface area contributed by atoms with Crippen LogP contribution >= 0.6 is 0 Å². The van der Waals surface area contributed by atoms with Gasteiger partial charge in [-0.2, -0.15) is 5.10 Å². The van der Waals surface area contributed by atoms with E-state index >= 15 is 0 Å². The van der Waals surface area contributed by atoms with Crippen LogP contribution in [0.25, 0.3) is 11.3 Å². The maximum absolute atomic E-state index is 6.23. The molecule has 2 aromatic heterocycles. The van der Waals surface area contributed by atoms with Crippen molar-refractivity contribution in [1.82, 2.24) is 19.3 Å². The normalized spacial score (nSPS) is 11.4. The number of hydrogen-bond donors (Lipinski definition) is 1. The quantitative estimate of drug-likeness (QED) is 0.900. The van der Waals surface area contributed by atoms with Crippen molar-refractivity contribution >= 4 is 5.82 Å². The number of nitrogens with two attached hydrogens (primary N) is 1. The standard InChI is InChI=1S/C14H23N5/c1-5-7-12-17-13(14(15)18(12)6-2)11-8-16-19(9-11)10(3)4/h8-10H,5-7,15H2,1-4H3. The minimum Gasteiger partial charge on any atom is -0.383 e. The molecule has 2 rings (SSSR count). The number of imidazole rings is 1. The van der Waals surface area contributed by atoms with Crippen LogP contribution in [0.15, 0.2) is 12.4 Å². The molecule has 0 aliphatic heterocycles. The van der Waals surface area contributed by atoms with Crippen molar-refractivity contribution in [3.05, 3.63) is 18.2 Å². The van der Waals surface area contributed by atoms with Crippen molar-refractivity contribution in [1.29, 1.82) is 0 Å². The molecule has 0 amide bonds. The lowest BCUT2D eigenvalue weighted by Gasteiger charge is -2.05. The van der Waals surface area contributed by atoms with E-state index in [-0.39, 0.29) is 0 Å². The number of rotatable bonds is 5. The first-order valence-corrected chi connectivity index (χ1v) is 6.97. The van der Waals surface area contributed by atoms with Crippen molar-refractivity contribution in [3.63, 3.8) is 0 Å². The SMILES string of the molecule is CCCc1nc(-c2cnn(C(C)C)c2)c(N)n1CC. The van der Waals surface area contributed by atoms with Crippen molar-refractivity contribution in [3.8, 4) is 11.3 Å². The van der Waals surface area contributed by atoms with Gasteiger partial charge in [-0.05, 0) is 27.2 Å². The molecule has 2 N–H and O–H groups in total. The summed E-state index contributed by atoms with van der Waals surface area (Å²) in [5.41, 5.74) is 8.08. The van der Waals surface area contributed by atoms with Crippen LogP contribution in [0.5, 0.6) is 0 Å². The van der Waals surface area contributed by atoms with Crippen molar-refractivity contribution < 1.29 is 0 Å². The van der Waals surface area contributed by atoms with Crippen LogP contribution < -0.4 is 5.73 Å². The average molecular weight is 261 g/mol. The van der Waals surface area contributed by atoms with E-state index in [1.165, 1.54) is 0 Å². The minimum atomic E-state index is 0.346. The van der Waals surface area contributed by atoms with Gasteiger partial charge in [-0.1, -0.05) is 6.92 Å². The summed E-state index contributed by atoms with van der Waals surface area (Å²) >= 11 is 0. The molecule has 0 saturated heterocycles. The van der Waals surface area contributed by atoms with Gasteiger partial charge in [0.15, 0.2) is 0 Å². The summed E-state index contributed by atoms with van der Waals surface area (Å²) in [5, 5.41) is 4.36. The first-order valence-electron chi connectivity index (χ1n) is 6.97. The smallest absolute Gasteiger partial charge is 0.131 e. The van der Waals surface area contributed by atoms with Gasteiger partial charge in [0.05, 0.1) is 6.20 Å². The molecule has 5 nitrogen and oxygen atoms in total. The molecule has 0 spiro atoms. The number of aryl methyl sites for hydroxylation is 1. The fourth-order valence-corrected chi connectivity index (χ4v) is 2.24. The van der Waals surface area contributed by atoms with E-state index in [9.17, 15) is 0 Å². The number of nitrogens with zero attached hydrogens (tertiary/aromatic N) is 4. The van der Waals surface area contributed by atoms with Crippen LogP contribution in [0.3, 0.4) is 0 Å². The summed E-state index contributed by atoms with van der Waals surface area (Å²) in [7, 11) is 0. The summed E-state index contributed by atoms with van der Waals surface area (Å²) in [6, 6.07) is 0.346. The van der Waals surface area contributed by atoms with Gasteiger partial charge in [-0.15, -0.1) is 0 Å². The van der Waals surface area contributed by atoms with Gasteiger partial charge in [-0.3, -0.25) is 4.68 Å². The van der Waals surface area contributed by atoms with Crippen LogP contribution in [-0.2, 0) is 13.0 Å². The fourth-order valence-electron chi connectivity index (χ4n) is 2.24. The molecule has 0 atom stereocenters. The predicted octanol–water partition coefficient (Wildman–Crippen LogP) is 2.88. The van der Waals surface area contributed by atoms with E-state index < -0.39 is 0 Å². The molecule has 2 heterocycles. The Morgan fingerprint density at radius 1 is 1.32 bits per heavy atom. The van der Waals surface area contributed by atoms with Gasteiger partial charge in [0, 0.05) is 30.8 Å². The third-order valence-electron chi connectivity index (χ3n) is 3.28. The highest BCUT2D eigenvalue weighted by Gasteiger charge is 2.16. The van der Waals surface area contributed by atoms with E-state index in [1.54, 1.807) is 0 Å². The van der Waals surface area contributed by atoms with Gasteiger partial charge >= 0.3 is 0 Å². The second-order valence-corrected chi connectivity index (χ2v) is 5.06. The number of nitrogen functional groups attached to an aromatic ring is 1. The molecule has 104 valence electrons. The van der Waals surface area contributed by atoms with Gasteiger partial charge in [0.25, 0.3) is 0 Å². The lowest BCUT2D eigenvalue weighted by Crippen LogP contribution is -2.05. The van der Waals surface area contributed by atoms with E-state index in [1.807, 2.05) is 17.1 Å². The number of aromatic nitrogens is 4. The maximum atomic E-state index is 6.23. The van der Waals surface area contributed by atoms with Crippen LogP contribution in [-0.4, -0.2) is 19.3 Å². The molecule has 0 aliphatic carbocycles. The van der Waals surface area contributed by atoms with E-state index in [0.29, 0.717) is 6.04 Å². The largest absolute Gasteiger partial charge is 0.383 e. The maximum Gasteiger partial charge on any atom is 0.131 e. The van der Waals surface area contributed by atoms with Gasteiger partial charge < -0.3 is 10.3 Å². The average Bonchev–Trinajstić information content (AvgIpc) is 2.95. The molecular formula is C14H23N5. The highest BCUT2D eigenvalue weighted by molar-refractivity contribution is 5.70. The lowest BCUT2D eigenvalue weighted by molar-refractivity contribution is 0.532.